The maximum absolute atomic E-state index is 12.2. The maximum Gasteiger partial charge on any atom is 0.274 e. The molecule has 2 aromatic rings. The zero-order valence-corrected chi connectivity index (χ0v) is 11.9. The van der Waals surface area contributed by atoms with Crippen LogP contribution in [0.4, 0.5) is 5.69 Å². The van der Waals surface area contributed by atoms with Gasteiger partial charge in [-0.2, -0.15) is 5.10 Å². The molecule has 110 valence electrons. The summed E-state index contributed by atoms with van der Waals surface area (Å²) in [6.07, 6.45) is 1.40. The van der Waals surface area contributed by atoms with Gasteiger partial charge >= 0.3 is 0 Å². The first kappa shape index (κ1) is 14.6. The number of hydrogen-bond donors (Lipinski definition) is 3. The van der Waals surface area contributed by atoms with Crippen molar-refractivity contribution in [3.63, 3.8) is 0 Å². The third kappa shape index (κ3) is 3.19. The standard InChI is InChI=1S/C14H17N5O2/c1-16-13(20)10-5-3-9(4-6-10)8-19(2)14(21)12-11(15)7-17-18-12/h3-7H,8,15H2,1-2H3,(H,16,20)(H,17,18). The summed E-state index contributed by atoms with van der Waals surface area (Å²) >= 11 is 0. The Morgan fingerprint density at radius 3 is 2.52 bits per heavy atom. The molecule has 0 saturated heterocycles. The molecule has 0 radical (unpaired) electrons. The van der Waals surface area contributed by atoms with E-state index in [0.29, 0.717) is 17.8 Å². The van der Waals surface area contributed by atoms with Crippen LogP contribution in [0.25, 0.3) is 0 Å². The normalized spacial score (nSPS) is 10.2. The number of rotatable bonds is 4. The number of benzene rings is 1. The number of aromatic nitrogens is 2. The van der Waals surface area contributed by atoms with Gasteiger partial charge in [-0.3, -0.25) is 14.7 Å². The van der Waals surface area contributed by atoms with Crippen LogP contribution in [-0.4, -0.2) is 41.0 Å². The zero-order valence-electron chi connectivity index (χ0n) is 11.9. The molecule has 4 N–H and O–H groups in total. The van der Waals surface area contributed by atoms with Gasteiger partial charge in [0.15, 0.2) is 0 Å². The smallest absolute Gasteiger partial charge is 0.274 e. The second kappa shape index (κ2) is 6.08. The highest BCUT2D eigenvalue weighted by molar-refractivity contribution is 5.96. The van der Waals surface area contributed by atoms with Crippen molar-refractivity contribution in [3.05, 3.63) is 47.3 Å². The third-order valence-corrected chi connectivity index (χ3v) is 3.09. The summed E-state index contributed by atoms with van der Waals surface area (Å²) in [6, 6.07) is 7.06. The van der Waals surface area contributed by atoms with Crippen LogP contribution in [0.5, 0.6) is 0 Å². The molecular formula is C14H17N5O2. The van der Waals surface area contributed by atoms with Crippen molar-refractivity contribution in [1.82, 2.24) is 20.4 Å². The van der Waals surface area contributed by atoms with Crippen molar-refractivity contribution in [2.24, 2.45) is 0 Å². The molecule has 0 fully saturated rings. The summed E-state index contributed by atoms with van der Waals surface area (Å²) in [5, 5.41) is 8.87. The summed E-state index contributed by atoms with van der Waals surface area (Å²) in [6.45, 7) is 0.408. The Morgan fingerprint density at radius 1 is 1.33 bits per heavy atom. The lowest BCUT2D eigenvalue weighted by Gasteiger charge is -2.16. The van der Waals surface area contributed by atoms with Crippen LogP contribution in [-0.2, 0) is 6.54 Å². The van der Waals surface area contributed by atoms with Crippen LogP contribution in [0, 0.1) is 0 Å². The number of anilines is 1. The molecule has 0 aliphatic heterocycles. The monoisotopic (exact) mass is 287 g/mol. The van der Waals surface area contributed by atoms with E-state index < -0.39 is 0 Å². The van der Waals surface area contributed by atoms with E-state index in [2.05, 4.69) is 15.5 Å². The van der Waals surface area contributed by atoms with E-state index in [1.165, 1.54) is 11.1 Å². The fourth-order valence-electron chi connectivity index (χ4n) is 1.91. The van der Waals surface area contributed by atoms with E-state index in [9.17, 15) is 9.59 Å². The Bertz CT molecular complexity index is 648. The molecule has 0 bridgehead atoms. The van der Waals surface area contributed by atoms with Gasteiger partial charge in [-0.1, -0.05) is 12.1 Å². The Kier molecular flexibility index (Phi) is 4.22. The molecule has 0 aliphatic carbocycles. The van der Waals surface area contributed by atoms with Crippen molar-refractivity contribution < 1.29 is 9.59 Å². The Hall–Kier alpha value is -2.83. The average Bonchev–Trinajstić information content (AvgIpc) is 2.92. The van der Waals surface area contributed by atoms with Gasteiger partial charge in [0, 0.05) is 26.2 Å². The minimum atomic E-state index is -0.236. The molecule has 1 heterocycles. The van der Waals surface area contributed by atoms with Gasteiger partial charge in [-0.05, 0) is 17.7 Å². The van der Waals surface area contributed by atoms with Gasteiger partial charge in [0.2, 0.25) is 0 Å². The minimum Gasteiger partial charge on any atom is -0.396 e. The van der Waals surface area contributed by atoms with E-state index in [-0.39, 0.29) is 17.5 Å². The Morgan fingerprint density at radius 2 is 2.00 bits per heavy atom. The second-order valence-electron chi connectivity index (χ2n) is 4.64. The molecule has 2 amide bonds. The van der Waals surface area contributed by atoms with Gasteiger partial charge in [0.25, 0.3) is 11.8 Å². The summed E-state index contributed by atoms with van der Waals surface area (Å²) in [5.74, 6) is -0.378. The number of nitrogens with zero attached hydrogens (tertiary/aromatic N) is 2. The van der Waals surface area contributed by atoms with Gasteiger partial charge in [0.1, 0.15) is 5.69 Å². The van der Waals surface area contributed by atoms with Gasteiger partial charge < -0.3 is 16.0 Å². The van der Waals surface area contributed by atoms with Crippen LogP contribution in [0.1, 0.15) is 26.4 Å². The number of nitrogens with two attached hydrogens (primary N) is 1. The predicted octanol–water partition coefficient (Wildman–Crippen LogP) is 0.624. The third-order valence-electron chi connectivity index (χ3n) is 3.09. The van der Waals surface area contributed by atoms with E-state index >= 15 is 0 Å². The van der Waals surface area contributed by atoms with Crippen LogP contribution in [0.15, 0.2) is 30.5 Å². The summed E-state index contributed by atoms with van der Waals surface area (Å²) in [7, 11) is 3.26. The van der Waals surface area contributed by atoms with Gasteiger partial charge in [-0.25, -0.2) is 0 Å². The average molecular weight is 287 g/mol. The summed E-state index contributed by atoms with van der Waals surface area (Å²) in [4.78, 5) is 25.1. The molecule has 1 aromatic heterocycles. The lowest BCUT2D eigenvalue weighted by molar-refractivity contribution is 0.0780. The lowest BCUT2D eigenvalue weighted by Crippen LogP contribution is -2.27. The van der Waals surface area contributed by atoms with E-state index in [0.717, 1.165) is 5.56 Å². The molecular weight excluding hydrogens is 270 g/mol. The van der Waals surface area contributed by atoms with Crippen LogP contribution in [0.2, 0.25) is 0 Å². The van der Waals surface area contributed by atoms with Gasteiger partial charge in [-0.15, -0.1) is 0 Å². The molecule has 0 spiro atoms. The van der Waals surface area contributed by atoms with Crippen LogP contribution in [0.3, 0.4) is 0 Å². The Balaban J connectivity index is 2.06. The maximum atomic E-state index is 12.2. The molecule has 0 aliphatic rings. The second-order valence-corrected chi connectivity index (χ2v) is 4.64. The van der Waals surface area contributed by atoms with Crippen molar-refractivity contribution in [3.8, 4) is 0 Å². The quantitative estimate of drug-likeness (QED) is 0.767. The highest BCUT2D eigenvalue weighted by Gasteiger charge is 2.16. The highest BCUT2D eigenvalue weighted by atomic mass is 16.2. The molecule has 0 saturated carbocycles. The molecule has 0 unspecified atom stereocenters. The van der Waals surface area contributed by atoms with Crippen molar-refractivity contribution in [2.75, 3.05) is 19.8 Å². The van der Waals surface area contributed by atoms with E-state index in [1.807, 2.05) is 12.1 Å². The van der Waals surface area contributed by atoms with Gasteiger partial charge in [0.05, 0.1) is 11.9 Å². The van der Waals surface area contributed by atoms with Crippen molar-refractivity contribution >= 4 is 17.5 Å². The first-order valence-corrected chi connectivity index (χ1v) is 6.38. The fourth-order valence-corrected chi connectivity index (χ4v) is 1.91. The number of amides is 2. The lowest BCUT2D eigenvalue weighted by atomic mass is 10.1. The first-order valence-electron chi connectivity index (χ1n) is 6.38. The fraction of sp³-hybridized carbons (Fsp3) is 0.214. The number of carbonyl (C=O) groups excluding carboxylic acids is 2. The summed E-state index contributed by atoms with van der Waals surface area (Å²) < 4.78 is 0. The SMILES string of the molecule is CNC(=O)c1ccc(CN(C)C(=O)c2[nH]ncc2N)cc1. The van der Waals surface area contributed by atoms with Crippen molar-refractivity contribution in [1.29, 1.82) is 0 Å². The number of carbonyl (C=O) groups is 2. The molecule has 21 heavy (non-hydrogen) atoms. The van der Waals surface area contributed by atoms with Crippen LogP contribution < -0.4 is 11.1 Å². The molecule has 1 aromatic carbocycles. The molecule has 2 rings (SSSR count). The first-order chi connectivity index (χ1) is 10.0. The molecule has 7 nitrogen and oxygen atoms in total. The zero-order chi connectivity index (χ0) is 15.4. The van der Waals surface area contributed by atoms with Crippen LogP contribution >= 0.6 is 0 Å². The number of hydrogen-bond acceptors (Lipinski definition) is 4. The summed E-state index contributed by atoms with van der Waals surface area (Å²) in [5.41, 5.74) is 7.74. The van der Waals surface area contributed by atoms with Crippen molar-refractivity contribution in [2.45, 2.75) is 6.54 Å². The number of nitrogen functional groups attached to an aromatic ring is 1. The molecule has 0 atom stereocenters. The topological polar surface area (TPSA) is 104 Å². The van der Waals surface area contributed by atoms with E-state index in [1.54, 1.807) is 26.2 Å². The molecule has 7 heteroatoms. The van der Waals surface area contributed by atoms with E-state index in [4.69, 9.17) is 5.73 Å². The largest absolute Gasteiger partial charge is 0.396 e. The predicted molar refractivity (Wildman–Crippen MR) is 78.6 cm³/mol. The number of nitrogens with one attached hydrogen (secondary N) is 2. The number of aromatic amines is 1. The number of H-pyrrole nitrogens is 1. The Labute approximate surface area is 122 Å². The minimum absolute atomic E-state index is 0.142. The highest BCUT2D eigenvalue weighted by Crippen LogP contribution is 2.12.